The first kappa shape index (κ1) is 16.6. The van der Waals surface area contributed by atoms with Gasteiger partial charge in [-0.2, -0.15) is 11.8 Å². The maximum absolute atomic E-state index is 3.70. The van der Waals surface area contributed by atoms with Gasteiger partial charge >= 0.3 is 0 Å². The van der Waals surface area contributed by atoms with Gasteiger partial charge in [-0.1, -0.05) is 50.6 Å². The van der Waals surface area contributed by atoms with Crippen molar-refractivity contribution in [1.29, 1.82) is 0 Å². The Kier molecular flexibility index (Phi) is 8.24. The summed E-state index contributed by atoms with van der Waals surface area (Å²) in [6.45, 7) is 10.1. The first-order valence-corrected chi connectivity index (χ1v) is 8.61. The monoisotopic (exact) mass is 279 g/mol. The van der Waals surface area contributed by atoms with E-state index in [1.165, 1.54) is 29.7 Å². The summed E-state index contributed by atoms with van der Waals surface area (Å²) in [5, 5.41) is 4.46. The molecule has 19 heavy (non-hydrogen) atoms. The van der Waals surface area contributed by atoms with Crippen LogP contribution >= 0.6 is 11.8 Å². The minimum Gasteiger partial charge on any atom is -0.313 e. The van der Waals surface area contributed by atoms with Crippen molar-refractivity contribution in [3.05, 3.63) is 35.4 Å². The van der Waals surface area contributed by atoms with Crippen LogP contribution in [0.4, 0.5) is 0 Å². The Hall–Kier alpha value is -0.470. The van der Waals surface area contributed by atoms with Gasteiger partial charge < -0.3 is 5.32 Å². The standard InChI is InChI=1S/C17H29NS/c1-5-10-18-17(13-19-15(4)6-2)12-16-9-7-8-14(3)11-16/h7-9,11,15,17-18H,5-6,10,12-13H2,1-4H3. The molecule has 1 aromatic carbocycles. The minimum atomic E-state index is 0.598. The molecule has 2 unspecified atom stereocenters. The van der Waals surface area contributed by atoms with Crippen LogP contribution in [0, 0.1) is 6.92 Å². The van der Waals surface area contributed by atoms with Crippen molar-refractivity contribution in [3.63, 3.8) is 0 Å². The molecule has 0 aromatic heterocycles. The molecule has 0 heterocycles. The molecule has 0 saturated heterocycles. The zero-order chi connectivity index (χ0) is 14.1. The highest BCUT2D eigenvalue weighted by atomic mass is 32.2. The number of hydrogen-bond acceptors (Lipinski definition) is 2. The number of aryl methyl sites for hydroxylation is 1. The van der Waals surface area contributed by atoms with Gasteiger partial charge in [0.25, 0.3) is 0 Å². The molecule has 2 atom stereocenters. The van der Waals surface area contributed by atoms with Gasteiger partial charge in [-0.25, -0.2) is 0 Å². The molecule has 0 fully saturated rings. The van der Waals surface area contributed by atoms with Crippen LogP contribution in [0.2, 0.25) is 0 Å². The lowest BCUT2D eigenvalue weighted by molar-refractivity contribution is 0.549. The van der Waals surface area contributed by atoms with Crippen LogP contribution in [0.3, 0.4) is 0 Å². The van der Waals surface area contributed by atoms with Crippen molar-refractivity contribution in [3.8, 4) is 0 Å². The molecule has 1 N–H and O–H groups in total. The Morgan fingerprint density at radius 1 is 1.26 bits per heavy atom. The van der Waals surface area contributed by atoms with E-state index in [0.717, 1.165) is 18.2 Å². The van der Waals surface area contributed by atoms with Crippen LogP contribution in [0.1, 0.15) is 44.7 Å². The molecule has 1 rings (SSSR count). The van der Waals surface area contributed by atoms with Crippen molar-refractivity contribution < 1.29 is 0 Å². The summed E-state index contributed by atoms with van der Waals surface area (Å²) in [6.07, 6.45) is 3.61. The van der Waals surface area contributed by atoms with Crippen molar-refractivity contribution in [2.45, 2.75) is 58.2 Å². The third-order valence-electron chi connectivity index (χ3n) is 3.40. The van der Waals surface area contributed by atoms with E-state index in [9.17, 15) is 0 Å². The second kappa shape index (κ2) is 9.44. The van der Waals surface area contributed by atoms with E-state index >= 15 is 0 Å². The van der Waals surface area contributed by atoms with E-state index in [1.54, 1.807) is 0 Å². The lowest BCUT2D eigenvalue weighted by Gasteiger charge is -2.20. The minimum absolute atomic E-state index is 0.598. The third-order valence-corrected chi connectivity index (χ3v) is 4.90. The average Bonchev–Trinajstić information content (AvgIpc) is 2.41. The topological polar surface area (TPSA) is 12.0 Å². The van der Waals surface area contributed by atoms with Crippen molar-refractivity contribution in [2.75, 3.05) is 12.3 Å². The quantitative estimate of drug-likeness (QED) is 0.717. The van der Waals surface area contributed by atoms with E-state index in [-0.39, 0.29) is 0 Å². The molecule has 0 amide bonds. The van der Waals surface area contributed by atoms with Crippen molar-refractivity contribution in [1.82, 2.24) is 5.32 Å². The second-order valence-corrected chi connectivity index (χ2v) is 6.87. The van der Waals surface area contributed by atoms with Crippen LogP contribution in [0.5, 0.6) is 0 Å². The Morgan fingerprint density at radius 3 is 2.68 bits per heavy atom. The van der Waals surface area contributed by atoms with Gasteiger partial charge in [-0.05, 0) is 38.3 Å². The fourth-order valence-electron chi connectivity index (χ4n) is 2.06. The molecule has 1 nitrogen and oxygen atoms in total. The van der Waals surface area contributed by atoms with Gasteiger partial charge in [0, 0.05) is 17.0 Å². The molecule has 2 heteroatoms. The van der Waals surface area contributed by atoms with Gasteiger partial charge in [-0.15, -0.1) is 0 Å². The van der Waals surface area contributed by atoms with Crippen molar-refractivity contribution in [2.24, 2.45) is 0 Å². The summed E-state index contributed by atoms with van der Waals surface area (Å²) < 4.78 is 0. The highest BCUT2D eigenvalue weighted by Crippen LogP contribution is 2.17. The van der Waals surface area contributed by atoms with Crippen LogP contribution in [0.25, 0.3) is 0 Å². The highest BCUT2D eigenvalue weighted by Gasteiger charge is 2.11. The molecular weight excluding hydrogens is 250 g/mol. The second-order valence-electron chi connectivity index (χ2n) is 5.40. The fourth-order valence-corrected chi connectivity index (χ4v) is 3.09. The number of thioether (sulfide) groups is 1. The fraction of sp³-hybridized carbons (Fsp3) is 0.647. The van der Waals surface area contributed by atoms with Gasteiger partial charge in [0.15, 0.2) is 0 Å². The first-order chi connectivity index (χ1) is 9.15. The summed E-state index contributed by atoms with van der Waals surface area (Å²) in [6, 6.07) is 9.51. The molecule has 1 aromatic rings. The zero-order valence-electron chi connectivity index (χ0n) is 12.9. The molecule has 0 bridgehead atoms. The van der Waals surface area contributed by atoms with Crippen LogP contribution in [-0.2, 0) is 6.42 Å². The molecule has 108 valence electrons. The van der Waals surface area contributed by atoms with Gasteiger partial charge in [0.05, 0.1) is 0 Å². The van der Waals surface area contributed by atoms with Crippen LogP contribution in [0.15, 0.2) is 24.3 Å². The Balaban J connectivity index is 2.53. The lowest BCUT2D eigenvalue weighted by Crippen LogP contribution is -2.34. The maximum atomic E-state index is 3.70. The zero-order valence-corrected chi connectivity index (χ0v) is 13.7. The normalized spacial score (nSPS) is 14.3. The largest absolute Gasteiger partial charge is 0.313 e. The molecule has 0 spiro atoms. The van der Waals surface area contributed by atoms with E-state index in [2.05, 4.69) is 69.0 Å². The summed E-state index contributed by atoms with van der Waals surface area (Å²) in [7, 11) is 0. The number of rotatable bonds is 9. The van der Waals surface area contributed by atoms with Gasteiger partial charge in [-0.3, -0.25) is 0 Å². The third kappa shape index (κ3) is 7.03. The maximum Gasteiger partial charge on any atom is 0.0198 e. The van der Waals surface area contributed by atoms with E-state index < -0.39 is 0 Å². The number of hydrogen-bond donors (Lipinski definition) is 1. The Labute approximate surface area is 123 Å². The summed E-state index contributed by atoms with van der Waals surface area (Å²) in [5.41, 5.74) is 2.82. The molecule has 0 aliphatic carbocycles. The average molecular weight is 279 g/mol. The Bertz CT molecular complexity index is 351. The predicted molar refractivity (Wildman–Crippen MR) is 89.2 cm³/mol. The van der Waals surface area contributed by atoms with Crippen LogP contribution < -0.4 is 5.32 Å². The van der Waals surface area contributed by atoms with E-state index in [4.69, 9.17) is 0 Å². The molecule has 0 aliphatic rings. The molecule has 0 aliphatic heterocycles. The van der Waals surface area contributed by atoms with Crippen molar-refractivity contribution >= 4 is 11.8 Å². The molecule has 0 radical (unpaired) electrons. The lowest BCUT2D eigenvalue weighted by atomic mass is 10.0. The molecule has 0 saturated carbocycles. The Morgan fingerprint density at radius 2 is 2.05 bits per heavy atom. The number of benzene rings is 1. The van der Waals surface area contributed by atoms with Gasteiger partial charge in [0.2, 0.25) is 0 Å². The summed E-state index contributed by atoms with van der Waals surface area (Å²) in [5.74, 6) is 1.21. The predicted octanol–water partition coefficient (Wildman–Crippen LogP) is 4.44. The van der Waals surface area contributed by atoms with Crippen LogP contribution in [-0.4, -0.2) is 23.6 Å². The molecular formula is C17H29NS. The SMILES string of the molecule is CCCNC(CSC(C)CC)Cc1cccc(C)c1. The summed E-state index contributed by atoms with van der Waals surface area (Å²) >= 11 is 2.10. The van der Waals surface area contributed by atoms with E-state index in [1.807, 2.05) is 0 Å². The van der Waals surface area contributed by atoms with Gasteiger partial charge in [0.1, 0.15) is 0 Å². The van der Waals surface area contributed by atoms with E-state index in [0.29, 0.717) is 6.04 Å². The highest BCUT2D eigenvalue weighted by molar-refractivity contribution is 7.99. The first-order valence-electron chi connectivity index (χ1n) is 7.56. The summed E-state index contributed by atoms with van der Waals surface area (Å²) in [4.78, 5) is 0. The smallest absolute Gasteiger partial charge is 0.0198 e. The number of nitrogens with one attached hydrogen (secondary N) is 1.